The van der Waals surface area contributed by atoms with Gasteiger partial charge in [0.1, 0.15) is 0 Å². The SMILES string of the molecule is CC(=O)N1CCC(C(C)C2CCNC2)C1. The molecule has 15 heavy (non-hydrogen) atoms. The van der Waals surface area contributed by atoms with E-state index in [1.807, 2.05) is 4.90 Å². The summed E-state index contributed by atoms with van der Waals surface area (Å²) in [7, 11) is 0. The molecule has 0 saturated carbocycles. The van der Waals surface area contributed by atoms with Crippen LogP contribution in [0.5, 0.6) is 0 Å². The summed E-state index contributed by atoms with van der Waals surface area (Å²) < 4.78 is 0. The van der Waals surface area contributed by atoms with Crippen molar-refractivity contribution in [1.29, 1.82) is 0 Å². The number of nitrogens with zero attached hydrogens (tertiary/aromatic N) is 1. The Bertz CT molecular complexity index is 236. The summed E-state index contributed by atoms with van der Waals surface area (Å²) in [4.78, 5) is 13.3. The summed E-state index contributed by atoms with van der Waals surface area (Å²) in [6.45, 7) is 8.38. The van der Waals surface area contributed by atoms with Gasteiger partial charge in [-0.15, -0.1) is 0 Å². The zero-order valence-corrected chi connectivity index (χ0v) is 9.83. The Balaban J connectivity index is 1.86. The van der Waals surface area contributed by atoms with Gasteiger partial charge >= 0.3 is 0 Å². The van der Waals surface area contributed by atoms with Crippen molar-refractivity contribution in [1.82, 2.24) is 10.2 Å². The van der Waals surface area contributed by atoms with Crippen LogP contribution in [0, 0.1) is 17.8 Å². The van der Waals surface area contributed by atoms with Gasteiger partial charge in [0.05, 0.1) is 0 Å². The number of carbonyl (C=O) groups excluding carboxylic acids is 1. The fourth-order valence-electron chi connectivity index (χ4n) is 3.01. The average Bonchev–Trinajstić information content (AvgIpc) is 2.88. The smallest absolute Gasteiger partial charge is 0.219 e. The lowest BCUT2D eigenvalue weighted by atomic mass is 9.82. The molecule has 1 amide bonds. The predicted molar refractivity (Wildman–Crippen MR) is 60.5 cm³/mol. The van der Waals surface area contributed by atoms with Crippen LogP contribution in [-0.4, -0.2) is 37.0 Å². The van der Waals surface area contributed by atoms with Gasteiger partial charge < -0.3 is 10.2 Å². The van der Waals surface area contributed by atoms with E-state index in [1.165, 1.54) is 25.9 Å². The Hall–Kier alpha value is -0.570. The van der Waals surface area contributed by atoms with E-state index in [9.17, 15) is 4.79 Å². The van der Waals surface area contributed by atoms with E-state index in [-0.39, 0.29) is 5.91 Å². The fraction of sp³-hybridized carbons (Fsp3) is 0.917. The molecular weight excluding hydrogens is 188 g/mol. The van der Waals surface area contributed by atoms with E-state index in [0.29, 0.717) is 0 Å². The number of rotatable bonds is 2. The molecular formula is C12H22N2O. The molecule has 0 aromatic rings. The summed E-state index contributed by atoms with van der Waals surface area (Å²) >= 11 is 0. The molecule has 3 atom stereocenters. The van der Waals surface area contributed by atoms with Gasteiger partial charge in [-0.1, -0.05) is 6.92 Å². The number of hydrogen-bond donors (Lipinski definition) is 1. The quantitative estimate of drug-likeness (QED) is 0.740. The Labute approximate surface area is 92.2 Å². The van der Waals surface area contributed by atoms with Gasteiger partial charge in [-0.05, 0) is 43.7 Å². The zero-order valence-electron chi connectivity index (χ0n) is 9.83. The molecule has 0 bridgehead atoms. The summed E-state index contributed by atoms with van der Waals surface area (Å²) in [6, 6.07) is 0. The zero-order chi connectivity index (χ0) is 10.8. The van der Waals surface area contributed by atoms with Gasteiger partial charge in [0.2, 0.25) is 5.91 Å². The van der Waals surface area contributed by atoms with Crippen LogP contribution in [0.1, 0.15) is 26.7 Å². The van der Waals surface area contributed by atoms with Crippen molar-refractivity contribution < 1.29 is 4.79 Å². The molecule has 0 spiro atoms. The van der Waals surface area contributed by atoms with E-state index < -0.39 is 0 Å². The van der Waals surface area contributed by atoms with Gasteiger partial charge in [0.25, 0.3) is 0 Å². The molecule has 0 aliphatic carbocycles. The third-order valence-electron chi connectivity index (χ3n) is 4.26. The first-order valence-corrected chi connectivity index (χ1v) is 6.14. The first kappa shape index (κ1) is 10.9. The predicted octanol–water partition coefficient (Wildman–Crippen LogP) is 1.10. The summed E-state index contributed by atoms with van der Waals surface area (Å²) in [6.07, 6.45) is 2.52. The minimum Gasteiger partial charge on any atom is -0.343 e. The van der Waals surface area contributed by atoms with Crippen molar-refractivity contribution in [2.45, 2.75) is 26.7 Å². The molecule has 0 aromatic heterocycles. The van der Waals surface area contributed by atoms with E-state index in [1.54, 1.807) is 6.92 Å². The minimum absolute atomic E-state index is 0.245. The number of hydrogen-bond acceptors (Lipinski definition) is 2. The first-order chi connectivity index (χ1) is 7.18. The highest BCUT2D eigenvalue weighted by Gasteiger charge is 2.33. The summed E-state index contributed by atoms with van der Waals surface area (Å²) in [5.74, 6) is 2.58. The Morgan fingerprint density at radius 3 is 2.73 bits per heavy atom. The van der Waals surface area contributed by atoms with Crippen LogP contribution in [0.4, 0.5) is 0 Å². The maximum absolute atomic E-state index is 11.2. The molecule has 0 radical (unpaired) electrons. The van der Waals surface area contributed by atoms with Crippen LogP contribution >= 0.6 is 0 Å². The van der Waals surface area contributed by atoms with Crippen LogP contribution < -0.4 is 5.32 Å². The molecule has 86 valence electrons. The Kier molecular flexibility index (Phi) is 3.29. The molecule has 2 fully saturated rings. The number of amides is 1. The topological polar surface area (TPSA) is 32.3 Å². The second kappa shape index (κ2) is 4.52. The van der Waals surface area contributed by atoms with Crippen molar-refractivity contribution in [2.75, 3.05) is 26.2 Å². The highest BCUT2D eigenvalue weighted by molar-refractivity contribution is 5.73. The van der Waals surface area contributed by atoms with E-state index in [4.69, 9.17) is 0 Å². The molecule has 3 heteroatoms. The normalized spacial score (nSPS) is 33.3. The second-order valence-corrected chi connectivity index (χ2v) is 5.13. The van der Waals surface area contributed by atoms with Gasteiger partial charge in [-0.3, -0.25) is 4.79 Å². The Morgan fingerprint density at radius 1 is 1.40 bits per heavy atom. The van der Waals surface area contributed by atoms with E-state index in [2.05, 4.69) is 12.2 Å². The van der Waals surface area contributed by atoms with Gasteiger partial charge in [-0.25, -0.2) is 0 Å². The van der Waals surface area contributed by atoms with Crippen molar-refractivity contribution in [2.24, 2.45) is 17.8 Å². The van der Waals surface area contributed by atoms with Crippen LogP contribution in [-0.2, 0) is 4.79 Å². The van der Waals surface area contributed by atoms with Gasteiger partial charge in [0.15, 0.2) is 0 Å². The standard InChI is InChI=1S/C12H22N2O/c1-9(11-3-5-13-7-11)12-4-6-14(8-12)10(2)15/h9,11-13H,3-8H2,1-2H3. The molecule has 0 aromatic carbocycles. The molecule has 1 N–H and O–H groups in total. The summed E-state index contributed by atoms with van der Waals surface area (Å²) in [5, 5.41) is 3.43. The van der Waals surface area contributed by atoms with Crippen molar-refractivity contribution in [3.8, 4) is 0 Å². The summed E-state index contributed by atoms with van der Waals surface area (Å²) in [5.41, 5.74) is 0. The van der Waals surface area contributed by atoms with Crippen LogP contribution in [0.25, 0.3) is 0 Å². The number of carbonyl (C=O) groups is 1. The van der Waals surface area contributed by atoms with Crippen molar-refractivity contribution >= 4 is 5.91 Å². The minimum atomic E-state index is 0.245. The van der Waals surface area contributed by atoms with Crippen molar-refractivity contribution in [3.63, 3.8) is 0 Å². The van der Waals surface area contributed by atoms with Crippen LogP contribution in [0.2, 0.25) is 0 Å². The van der Waals surface area contributed by atoms with Gasteiger partial charge in [0, 0.05) is 20.0 Å². The Morgan fingerprint density at radius 2 is 2.20 bits per heavy atom. The number of likely N-dealkylation sites (tertiary alicyclic amines) is 1. The first-order valence-electron chi connectivity index (χ1n) is 6.14. The third kappa shape index (κ3) is 2.33. The van der Waals surface area contributed by atoms with Crippen molar-refractivity contribution in [3.05, 3.63) is 0 Å². The molecule has 2 rings (SSSR count). The lowest BCUT2D eigenvalue weighted by Crippen LogP contribution is -2.29. The average molecular weight is 210 g/mol. The molecule has 3 nitrogen and oxygen atoms in total. The monoisotopic (exact) mass is 210 g/mol. The molecule has 2 heterocycles. The highest BCUT2D eigenvalue weighted by Crippen LogP contribution is 2.31. The van der Waals surface area contributed by atoms with Crippen LogP contribution in [0.3, 0.4) is 0 Å². The molecule has 2 saturated heterocycles. The van der Waals surface area contributed by atoms with E-state index >= 15 is 0 Å². The molecule has 2 aliphatic heterocycles. The maximum atomic E-state index is 11.2. The van der Waals surface area contributed by atoms with Crippen LogP contribution in [0.15, 0.2) is 0 Å². The fourth-order valence-corrected chi connectivity index (χ4v) is 3.01. The largest absolute Gasteiger partial charge is 0.343 e. The molecule has 3 unspecified atom stereocenters. The lowest BCUT2D eigenvalue weighted by molar-refractivity contribution is -0.128. The van der Waals surface area contributed by atoms with Gasteiger partial charge in [-0.2, -0.15) is 0 Å². The second-order valence-electron chi connectivity index (χ2n) is 5.13. The van der Waals surface area contributed by atoms with E-state index in [0.717, 1.165) is 30.8 Å². The third-order valence-corrected chi connectivity index (χ3v) is 4.26. The highest BCUT2D eigenvalue weighted by atomic mass is 16.2. The lowest BCUT2D eigenvalue weighted by Gasteiger charge is -2.24. The number of nitrogens with one attached hydrogen (secondary N) is 1. The maximum Gasteiger partial charge on any atom is 0.219 e. The molecule has 2 aliphatic rings.